The molecule has 0 aliphatic heterocycles. The van der Waals surface area contributed by atoms with E-state index in [1.807, 2.05) is 0 Å². The summed E-state index contributed by atoms with van der Waals surface area (Å²) < 4.78 is 19.8. The number of nitrogens with one attached hydrogen (secondary N) is 1. The molecule has 11 heteroatoms. The number of aromatic nitrogens is 4. The van der Waals surface area contributed by atoms with Crippen LogP contribution in [0, 0.1) is 0 Å². The van der Waals surface area contributed by atoms with Gasteiger partial charge >= 0.3 is 6.16 Å². The zero-order chi connectivity index (χ0) is 19.6. The van der Waals surface area contributed by atoms with Gasteiger partial charge in [-0.15, -0.1) is 15.0 Å². The van der Waals surface area contributed by atoms with Gasteiger partial charge in [-0.2, -0.15) is 0 Å². The van der Waals surface area contributed by atoms with Gasteiger partial charge in [-0.1, -0.05) is 0 Å². The summed E-state index contributed by atoms with van der Waals surface area (Å²) in [6.45, 7) is 1.36. The van der Waals surface area contributed by atoms with E-state index in [4.69, 9.17) is 14.2 Å². The van der Waals surface area contributed by atoms with Crippen molar-refractivity contribution in [3.63, 3.8) is 0 Å². The summed E-state index contributed by atoms with van der Waals surface area (Å²) in [5.41, 5.74) is -1.29. The third kappa shape index (κ3) is 3.38. The number of nitrogens with zero attached hydrogens (tertiary/aromatic N) is 3. The highest BCUT2D eigenvalue weighted by Gasteiger charge is 2.16. The molecule has 2 aromatic heterocycles. The lowest BCUT2D eigenvalue weighted by atomic mass is 10.2. The Kier molecular flexibility index (Phi) is 4.92. The van der Waals surface area contributed by atoms with E-state index in [1.54, 1.807) is 6.92 Å². The molecule has 0 saturated heterocycles. The lowest BCUT2D eigenvalue weighted by Gasteiger charge is -2.07. The highest BCUT2D eigenvalue weighted by atomic mass is 16.7. The first-order valence-electron chi connectivity index (χ1n) is 7.85. The number of carbonyl (C=O) groups is 1. The van der Waals surface area contributed by atoms with E-state index in [2.05, 4.69) is 19.9 Å². The van der Waals surface area contributed by atoms with Crippen LogP contribution in [0.3, 0.4) is 0 Å². The molecular formula is C16H16N4O7. The predicted octanol–water partition coefficient (Wildman–Crippen LogP) is 0.781. The van der Waals surface area contributed by atoms with Gasteiger partial charge in [-0.05, 0) is 13.0 Å². The standard InChI is InChI=1S/C16H16N4O7/c1-4-26-16(23)27-7-20-18-12-13(19-20)15(22)17-9-6-11(25-3)10(24-2)5-8(9)14(12)21/h5-6H,4,7H2,1-3H3,(H,17,22). The molecule has 0 fully saturated rings. The molecule has 0 amide bonds. The summed E-state index contributed by atoms with van der Waals surface area (Å²) in [4.78, 5) is 40.1. The van der Waals surface area contributed by atoms with Gasteiger partial charge in [-0.3, -0.25) is 9.59 Å². The van der Waals surface area contributed by atoms with Crippen molar-refractivity contribution in [1.29, 1.82) is 0 Å². The number of hydrogen-bond acceptors (Lipinski definition) is 9. The van der Waals surface area contributed by atoms with Crippen LogP contribution < -0.4 is 20.5 Å². The van der Waals surface area contributed by atoms with Crippen molar-refractivity contribution in [2.45, 2.75) is 13.7 Å². The number of ether oxygens (including phenoxy) is 4. The molecule has 142 valence electrons. The molecule has 1 aromatic carbocycles. The molecule has 0 bridgehead atoms. The monoisotopic (exact) mass is 376 g/mol. The quantitative estimate of drug-likeness (QED) is 0.641. The maximum absolute atomic E-state index is 12.9. The van der Waals surface area contributed by atoms with Crippen molar-refractivity contribution in [3.05, 3.63) is 32.7 Å². The van der Waals surface area contributed by atoms with Crippen LogP contribution in [-0.4, -0.2) is 47.0 Å². The van der Waals surface area contributed by atoms with Crippen LogP contribution in [0.25, 0.3) is 21.9 Å². The van der Waals surface area contributed by atoms with Gasteiger partial charge in [0.1, 0.15) is 0 Å². The number of benzene rings is 1. The smallest absolute Gasteiger partial charge is 0.493 e. The van der Waals surface area contributed by atoms with Crippen molar-refractivity contribution < 1.29 is 23.7 Å². The summed E-state index contributed by atoms with van der Waals surface area (Å²) in [5, 5.41) is 8.05. The van der Waals surface area contributed by atoms with E-state index < -0.39 is 23.9 Å². The number of fused-ring (bicyclic) bond motifs is 2. The summed E-state index contributed by atoms with van der Waals surface area (Å²) >= 11 is 0. The highest BCUT2D eigenvalue weighted by molar-refractivity contribution is 5.88. The fraction of sp³-hybridized carbons (Fsp3) is 0.312. The van der Waals surface area contributed by atoms with Gasteiger partial charge in [0.25, 0.3) is 5.56 Å². The van der Waals surface area contributed by atoms with Crippen LogP contribution in [-0.2, 0) is 16.2 Å². The highest BCUT2D eigenvalue weighted by Crippen LogP contribution is 2.29. The third-order valence-electron chi connectivity index (χ3n) is 3.66. The van der Waals surface area contributed by atoms with E-state index in [-0.39, 0.29) is 28.5 Å². The maximum atomic E-state index is 12.9. The minimum Gasteiger partial charge on any atom is -0.493 e. The third-order valence-corrected chi connectivity index (χ3v) is 3.66. The molecule has 3 rings (SSSR count). The molecule has 0 radical (unpaired) electrons. The van der Waals surface area contributed by atoms with Gasteiger partial charge in [0, 0.05) is 6.07 Å². The van der Waals surface area contributed by atoms with Crippen LogP contribution in [0.5, 0.6) is 11.5 Å². The number of methoxy groups -OCH3 is 2. The first-order chi connectivity index (χ1) is 13.0. The fourth-order valence-electron chi connectivity index (χ4n) is 2.46. The average molecular weight is 376 g/mol. The lowest BCUT2D eigenvalue weighted by Crippen LogP contribution is -2.13. The van der Waals surface area contributed by atoms with Crippen molar-refractivity contribution in [1.82, 2.24) is 20.0 Å². The van der Waals surface area contributed by atoms with E-state index in [9.17, 15) is 14.4 Å². The second-order valence-electron chi connectivity index (χ2n) is 5.26. The molecule has 3 aromatic rings. The number of carbonyl (C=O) groups excluding carboxylic acids is 1. The average Bonchev–Trinajstić information content (AvgIpc) is 3.06. The molecule has 27 heavy (non-hydrogen) atoms. The number of rotatable bonds is 5. The van der Waals surface area contributed by atoms with Crippen molar-refractivity contribution in [2.75, 3.05) is 20.8 Å². The van der Waals surface area contributed by atoms with E-state index >= 15 is 0 Å². The Morgan fingerprint density at radius 2 is 1.74 bits per heavy atom. The number of aromatic amines is 1. The maximum Gasteiger partial charge on any atom is 0.510 e. The summed E-state index contributed by atoms with van der Waals surface area (Å²) in [5.74, 6) is 0.671. The predicted molar refractivity (Wildman–Crippen MR) is 93.1 cm³/mol. The first-order valence-corrected chi connectivity index (χ1v) is 7.85. The van der Waals surface area contributed by atoms with Crippen molar-refractivity contribution >= 4 is 28.1 Å². The number of hydrogen-bond donors (Lipinski definition) is 1. The summed E-state index contributed by atoms with van der Waals surface area (Å²) in [6.07, 6.45) is -0.914. The van der Waals surface area contributed by atoms with Gasteiger partial charge in [-0.25, -0.2) is 4.79 Å². The van der Waals surface area contributed by atoms with Crippen LogP contribution >= 0.6 is 0 Å². The van der Waals surface area contributed by atoms with Gasteiger partial charge in [0.2, 0.25) is 12.2 Å². The molecule has 0 aliphatic carbocycles. The lowest BCUT2D eigenvalue weighted by molar-refractivity contribution is 0.0296. The summed E-state index contributed by atoms with van der Waals surface area (Å²) in [7, 11) is 2.87. The van der Waals surface area contributed by atoms with Gasteiger partial charge in [0.05, 0.1) is 31.7 Å². The molecule has 0 atom stereocenters. The Morgan fingerprint density at radius 1 is 1.07 bits per heavy atom. The minimum atomic E-state index is -0.914. The fourth-order valence-corrected chi connectivity index (χ4v) is 2.46. The second kappa shape index (κ2) is 7.32. The van der Waals surface area contributed by atoms with Crippen molar-refractivity contribution in [2.24, 2.45) is 0 Å². The van der Waals surface area contributed by atoms with Gasteiger partial charge < -0.3 is 23.9 Å². The van der Waals surface area contributed by atoms with Crippen molar-refractivity contribution in [3.8, 4) is 11.5 Å². The largest absolute Gasteiger partial charge is 0.510 e. The summed E-state index contributed by atoms with van der Waals surface area (Å²) in [6, 6.07) is 2.92. The molecule has 0 saturated carbocycles. The first kappa shape index (κ1) is 18.2. The Labute approximate surface area is 151 Å². The Morgan fingerprint density at radius 3 is 2.41 bits per heavy atom. The zero-order valence-corrected chi connectivity index (χ0v) is 14.8. The molecule has 0 aliphatic rings. The molecule has 0 spiro atoms. The molecule has 0 unspecified atom stereocenters. The zero-order valence-electron chi connectivity index (χ0n) is 14.8. The normalized spacial score (nSPS) is 10.8. The van der Waals surface area contributed by atoms with Crippen LogP contribution in [0.2, 0.25) is 0 Å². The second-order valence-corrected chi connectivity index (χ2v) is 5.26. The Hall–Kier alpha value is -3.63. The topological polar surface area (TPSA) is 135 Å². The Balaban J connectivity index is 2.16. The molecule has 1 N–H and O–H groups in total. The molecule has 2 heterocycles. The molecule has 11 nitrogen and oxygen atoms in total. The van der Waals surface area contributed by atoms with Crippen LogP contribution in [0.15, 0.2) is 21.7 Å². The SMILES string of the molecule is CCOC(=O)OCn1nc2c(=O)[nH]c3cc(OC)c(OC)cc3c(=O)c2n1. The van der Waals surface area contributed by atoms with Gasteiger partial charge in [0.15, 0.2) is 22.5 Å². The van der Waals surface area contributed by atoms with Crippen LogP contribution in [0.1, 0.15) is 6.92 Å². The number of H-pyrrole nitrogens is 1. The van der Waals surface area contributed by atoms with E-state index in [0.717, 1.165) is 4.80 Å². The van der Waals surface area contributed by atoms with E-state index in [1.165, 1.54) is 26.4 Å². The minimum absolute atomic E-state index is 0.144. The van der Waals surface area contributed by atoms with E-state index in [0.29, 0.717) is 11.5 Å². The molecular weight excluding hydrogens is 360 g/mol. The van der Waals surface area contributed by atoms with Crippen LogP contribution in [0.4, 0.5) is 4.79 Å². The Bertz CT molecular complexity index is 1140.